The van der Waals surface area contributed by atoms with Crippen molar-refractivity contribution < 1.29 is 19.1 Å². The van der Waals surface area contributed by atoms with E-state index in [4.69, 9.17) is 5.11 Å². The summed E-state index contributed by atoms with van der Waals surface area (Å²) >= 11 is 0. The number of hydrogen-bond donors (Lipinski definition) is 3. The first kappa shape index (κ1) is 18.9. The van der Waals surface area contributed by atoms with E-state index in [1.165, 1.54) is 30.6 Å². The molecule has 0 aliphatic rings. The van der Waals surface area contributed by atoms with Crippen LogP contribution in [0.2, 0.25) is 0 Å². The van der Waals surface area contributed by atoms with Crippen LogP contribution in [-0.2, 0) is 4.79 Å². The van der Waals surface area contributed by atoms with E-state index >= 15 is 0 Å². The van der Waals surface area contributed by atoms with Crippen LogP contribution in [0.25, 0.3) is 11.4 Å². The number of halogens is 1. The zero-order valence-electron chi connectivity index (χ0n) is 14.4. The third kappa shape index (κ3) is 4.26. The first-order valence-corrected chi connectivity index (χ1v) is 8.22. The third-order valence-electron chi connectivity index (χ3n) is 3.96. The topological polar surface area (TPSA) is 125 Å². The Morgan fingerprint density at radius 1 is 1.18 bits per heavy atom. The summed E-state index contributed by atoms with van der Waals surface area (Å²) in [6.07, 6.45) is 3.60. The molecule has 0 saturated carbocycles. The predicted octanol–water partition coefficient (Wildman–Crippen LogP) is 1.92. The monoisotopic (exact) mass is 382 g/mol. The lowest BCUT2D eigenvalue weighted by atomic mass is 10.0. The minimum atomic E-state index is -1.23. The lowest BCUT2D eigenvalue weighted by Crippen LogP contribution is -2.34. The van der Waals surface area contributed by atoms with Crippen LogP contribution in [0, 0.1) is 5.82 Å². The Morgan fingerprint density at radius 3 is 2.54 bits per heavy atom. The number of benzene rings is 1. The SMILES string of the molecule is O=C(O)C[C@@H](NC(=O)c1cnc(-c2ccncc2)[nH]c1=O)c1ccccc1F. The van der Waals surface area contributed by atoms with Gasteiger partial charge in [0.1, 0.15) is 17.2 Å². The largest absolute Gasteiger partial charge is 0.481 e. The molecule has 28 heavy (non-hydrogen) atoms. The van der Waals surface area contributed by atoms with Crippen molar-refractivity contribution in [2.45, 2.75) is 12.5 Å². The molecule has 1 aromatic carbocycles. The molecule has 0 aliphatic carbocycles. The van der Waals surface area contributed by atoms with Gasteiger partial charge in [0, 0.05) is 29.7 Å². The van der Waals surface area contributed by atoms with Crippen LogP contribution in [0.1, 0.15) is 28.4 Å². The van der Waals surface area contributed by atoms with E-state index in [1.54, 1.807) is 12.1 Å². The fourth-order valence-electron chi connectivity index (χ4n) is 2.62. The molecule has 3 rings (SSSR count). The van der Waals surface area contributed by atoms with E-state index in [2.05, 4.69) is 20.3 Å². The van der Waals surface area contributed by atoms with Crippen LogP contribution < -0.4 is 10.9 Å². The second kappa shape index (κ2) is 8.21. The number of hydrogen-bond acceptors (Lipinski definition) is 5. The van der Waals surface area contributed by atoms with Crippen molar-refractivity contribution in [3.63, 3.8) is 0 Å². The molecule has 9 heteroatoms. The smallest absolute Gasteiger partial charge is 0.305 e. The Kier molecular flexibility index (Phi) is 5.54. The molecule has 0 bridgehead atoms. The van der Waals surface area contributed by atoms with Crippen molar-refractivity contribution in [1.82, 2.24) is 20.3 Å². The van der Waals surface area contributed by atoms with Crippen molar-refractivity contribution in [1.29, 1.82) is 0 Å². The van der Waals surface area contributed by atoms with Crippen molar-refractivity contribution in [3.8, 4) is 11.4 Å². The Bertz CT molecular complexity index is 1070. The normalized spacial score (nSPS) is 11.6. The second-order valence-corrected chi connectivity index (χ2v) is 5.86. The third-order valence-corrected chi connectivity index (χ3v) is 3.96. The number of nitrogens with zero attached hydrogens (tertiary/aromatic N) is 2. The number of carboxylic acids is 1. The number of H-pyrrole nitrogens is 1. The van der Waals surface area contributed by atoms with Gasteiger partial charge in [-0.05, 0) is 18.2 Å². The maximum atomic E-state index is 14.0. The molecule has 3 N–H and O–H groups in total. The molecule has 0 radical (unpaired) electrons. The van der Waals surface area contributed by atoms with Crippen molar-refractivity contribution in [2.75, 3.05) is 0 Å². The molecule has 0 aliphatic heterocycles. The molecule has 3 aromatic rings. The van der Waals surface area contributed by atoms with Gasteiger partial charge in [0.2, 0.25) is 0 Å². The molecule has 1 atom stereocenters. The molecule has 2 aromatic heterocycles. The Morgan fingerprint density at radius 2 is 1.89 bits per heavy atom. The van der Waals surface area contributed by atoms with E-state index in [-0.39, 0.29) is 17.0 Å². The van der Waals surface area contributed by atoms with Gasteiger partial charge in [-0.3, -0.25) is 19.4 Å². The van der Waals surface area contributed by atoms with Gasteiger partial charge in [-0.25, -0.2) is 9.37 Å². The highest BCUT2D eigenvalue weighted by molar-refractivity contribution is 5.94. The summed E-state index contributed by atoms with van der Waals surface area (Å²) in [7, 11) is 0. The average molecular weight is 382 g/mol. The summed E-state index contributed by atoms with van der Waals surface area (Å²) in [5, 5.41) is 11.5. The number of carbonyl (C=O) groups is 2. The van der Waals surface area contributed by atoms with Gasteiger partial charge in [-0.1, -0.05) is 18.2 Å². The standard InChI is InChI=1S/C19H15FN4O4/c20-14-4-2-1-3-12(14)15(9-16(25)26)23-18(27)13-10-22-17(24-19(13)28)11-5-7-21-8-6-11/h1-8,10,15H,9H2,(H,23,27)(H,25,26)(H,22,24,28)/t15-/m1/s1. The zero-order valence-corrected chi connectivity index (χ0v) is 14.4. The van der Waals surface area contributed by atoms with E-state index in [1.807, 2.05) is 0 Å². The summed E-state index contributed by atoms with van der Waals surface area (Å²) in [6, 6.07) is 7.64. The predicted molar refractivity (Wildman–Crippen MR) is 96.9 cm³/mol. The van der Waals surface area contributed by atoms with Crippen molar-refractivity contribution >= 4 is 11.9 Å². The minimum Gasteiger partial charge on any atom is -0.481 e. The fourth-order valence-corrected chi connectivity index (χ4v) is 2.62. The highest BCUT2D eigenvalue weighted by atomic mass is 19.1. The maximum Gasteiger partial charge on any atom is 0.305 e. The van der Waals surface area contributed by atoms with Gasteiger partial charge < -0.3 is 15.4 Å². The van der Waals surface area contributed by atoms with Crippen LogP contribution in [0.5, 0.6) is 0 Å². The van der Waals surface area contributed by atoms with Crippen LogP contribution in [-0.4, -0.2) is 31.9 Å². The quantitative estimate of drug-likeness (QED) is 0.598. The van der Waals surface area contributed by atoms with Crippen molar-refractivity contribution in [3.05, 3.63) is 82.3 Å². The summed E-state index contributed by atoms with van der Waals surface area (Å²) in [5.41, 5.74) is -0.406. The molecule has 1 amide bonds. The number of carbonyl (C=O) groups excluding carboxylic acids is 1. The molecule has 0 fully saturated rings. The highest BCUT2D eigenvalue weighted by Crippen LogP contribution is 2.20. The van der Waals surface area contributed by atoms with Gasteiger partial charge >= 0.3 is 5.97 Å². The van der Waals surface area contributed by atoms with E-state index in [0.717, 1.165) is 12.3 Å². The lowest BCUT2D eigenvalue weighted by molar-refractivity contribution is -0.137. The van der Waals surface area contributed by atoms with E-state index in [9.17, 15) is 18.8 Å². The molecule has 2 heterocycles. The molecule has 142 valence electrons. The summed E-state index contributed by atoms with van der Waals surface area (Å²) in [4.78, 5) is 46.3. The van der Waals surface area contributed by atoms with Crippen LogP contribution in [0.15, 0.2) is 59.8 Å². The molecule has 0 saturated heterocycles. The molecule has 0 unspecified atom stereocenters. The van der Waals surface area contributed by atoms with Gasteiger partial charge in [-0.2, -0.15) is 0 Å². The number of rotatable bonds is 6. The summed E-state index contributed by atoms with van der Waals surface area (Å²) < 4.78 is 14.0. The number of aromatic nitrogens is 3. The number of aliphatic carboxylic acids is 1. The fraction of sp³-hybridized carbons (Fsp3) is 0.105. The zero-order chi connectivity index (χ0) is 20.1. The number of aromatic amines is 1. The summed E-state index contributed by atoms with van der Waals surface area (Å²) in [5.74, 6) is -2.49. The van der Waals surface area contributed by atoms with Crippen molar-refractivity contribution in [2.24, 2.45) is 0 Å². The number of carboxylic acid groups (broad SMARTS) is 1. The summed E-state index contributed by atoms with van der Waals surface area (Å²) in [6.45, 7) is 0. The Balaban J connectivity index is 1.87. The van der Waals surface area contributed by atoms with Gasteiger partial charge in [0.05, 0.1) is 12.5 Å². The first-order valence-electron chi connectivity index (χ1n) is 8.22. The lowest BCUT2D eigenvalue weighted by Gasteiger charge is -2.18. The maximum absolute atomic E-state index is 14.0. The van der Waals surface area contributed by atoms with Gasteiger partial charge in [0.15, 0.2) is 0 Å². The van der Waals surface area contributed by atoms with E-state index in [0.29, 0.717) is 5.56 Å². The average Bonchev–Trinajstić information content (AvgIpc) is 2.68. The first-order chi connectivity index (χ1) is 13.5. The number of pyridine rings is 1. The van der Waals surface area contributed by atoms with Crippen LogP contribution in [0.4, 0.5) is 4.39 Å². The molecule has 0 spiro atoms. The number of amides is 1. The Hall–Kier alpha value is -3.88. The molecular formula is C19H15FN4O4. The highest BCUT2D eigenvalue weighted by Gasteiger charge is 2.23. The molecule has 8 nitrogen and oxygen atoms in total. The Labute approximate surface area is 158 Å². The van der Waals surface area contributed by atoms with Gasteiger partial charge in [-0.15, -0.1) is 0 Å². The van der Waals surface area contributed by atoms with E-state index < -0.39 is 35.7 Å². The van der Waals surface area contributed by atoms with Gasteiger partial charge in [0.25, 0.3) is 11.5 Å². The van der Waals surface area contributed by atoms with Crippen LogP contribution >= 0.6 is 0 Å². The van der Waals surface area contributed by atoms with Crippen LogP contribution in [0.3, 0.4) is 0 Å². The minimum absolute atomic E-state index is 0.0102. The number of nitrogens with one attached hydrogen (secondary N) is 2. The molecular weight excluding hydrogens is 367 g/mol. The second-order valence-electron chi connectivity index (χ2n) is 5.86.